The minimum Gasteiger partial charge on any atom is -0.485 e. The van der Waals surface area contributed by atoms with Crippen LogP contribution in [0.2, 0.25) is 0 Å². The summed E-state index contributed by atoms with van der Waals surface area (Å²) >= 11 is 0. The van der Waals surface area contributed by atoms with Crippen molar-refractivity contribution >= 4 is 11.8 Å². The number of carbonyl (C=O) groups is 2. The molecule has 0 aromatic heterocycles. The molecular formula is C25H30N2O3. The van der Waals surface area contributed by atoms with Gasteiger partial charge in [-0.2, -0.15) is 0 Å². The zero-order chi connectivity index (χ0) is 21.1. The number of benzene rings is 2. The highest BCUT2D eigenvalue weighted by Gasteiger charge is 2.43. The first-order valence-electron chi connectivity index (χ1n) is 10.8. The normalized spacial score (nSPS) is 23.3. The van der Waals surface area contributed by atoms with Gasteiger partial charge in [-0.05, 0) is 37.3 Å². The molecule has 2 aromatic carbocycles. The van der Waals surface area contributed by atoms with Gasteiger partial charge in [-0.15, -0.1) is 0 Å². The van der Waals surface area contributed by atoms with E-state index in [-0.39, 0.29) is 17.9 Å². The van der Waals surface area contributed by atoms with Crippen molar-refractivity contribution in [2.24, 2.45) is 0 Å². The molecule has 1 heterocycles. The molecule has 2 aliphatic rings. The van der Waals surface area contributed by atoms with Gasteiger partial charge in [0.05, 0.1) is 13.0 Å². The lowest BCUT2D eigenvalue weighted by molar-refractivity contribution is -0.135. The van der Waals surface area contributed by atoms with E-state index in [2.05, 4.69) is 0 Å². The standard InChI is InChI=1S/C25H30N2O3/c1-19(28)26(2)22-12-14-25(15-13-22)18-27(17-21-10-6-7-11-23(21)30-25)24(29)16-20-8-4-3-5-9-20/h3-11,22H,12-18H2,1-2H3. The lowest BCUT2D eigenvalue weighted by atomic mass is 9.81. The van der Waals surface area contributed by atoms with Crippen molar-refractivity contribution in [1.29, 1.82) is 0 Å². The summed E-state index contributed by atoms with van der Waals surface area (Å²) in [6.45, 7) is 2.77. The Hall–Kier alpha value is -2.82. The zero-order valence-electron chi connectivity index (χ0n) is 17.8. The molecular weight excluding hydrogens is 376 g/mol. The highest BCUT2D eigenvalue weighted by molar-refractivity contribution is 5.79. The largest absolute Gasteiger partial charge is 0.485 e. The number of amides is 2. The van der Waals surface area contributed by atoms with E-state index >= 15 is 0 Å². The minimum absolute atomic E-state index is 0.0998. The van der Waals surface area contributed by atoms with Crippen LogP contribution in [0, 0.1) is 0 Å². The molecule has 2 amide bonds. The molecule has 1 aliphatic carbocycles. The van der Waals surface area contributed by atoms with Gasteiger partial charge in [-0.25, -0.2) is 0 Å². The summed E-state index contributed by atoms with van der Waals surface area (Å²) in [4.78, 5) is 28.8. The van der Waals surface area contributed by atoms with Crippen LogP contribution in [0.15, 0.2) is 54.6 Å². The van der Waals surface area contributed by atoms with E-state index in [1.54, 1.807) is 6.92 Å². The molecule has 5 nitrogen and oxygen atoms in total. The van der Waals surface area contributed by atoms with Crippen LogP contribution in [0.5, 0.6) is 5.75 Å². The number of hydrogen-bond acceptors (Lipinski definition) is 3. The maximum Gasteiger partial charge on any atom is 0.227 e. The predicted octanol–water partition coefficient (Wildman–Crippen LogP) is 3.81. The monoisotopic (exact) mass is 406 g/mol. The fourth-order valence-electron chi connectivity index (χ4n) is 4.70. The molecule has 5 heteroatoms. The molecule has 1 fully saturated rings. The second-order valence-corrected chi connectivity index (χ2v) is 8.67. The highest BCUT2D eigenvalue weighted by Crippen LogP contribution is 2.39. The molecule has 0 bridgehead atoms. The predicted molar refractivity (Wildman–Crippen MR) is 116 cm³/mol. The lowest BCUT2D eigenvalue weighted by Gasteiger charge is -2.43. The van der Waals surface area contributed by atoms with Crippen molar-refractivity contribution < 1.29 is 14.3 Å². The molecule has 0 atom stereocenters. The summed E-state index contributed by atoms with van der Waals surface area (Å²) in [6, 6.07) is 18.2. The van der Waals surface area contributed by atoms with E-state index in [1.165, 1.54) is 0 Å². The van der Waals surface area contributed by atoms with Crippen LogP contribution in [0.25, 0.3) is 0 Å². The van der Waals surface area contributed by atoms with E-state index < -0.39 is 5.60 Å². The van der Waals surface area contributed by atoms with E-state index in [1.807, 2.05) is 71.4 Å². The third-order valence-electron chi connectivity index (χ3n) is 6.60. The molecule has 1 saturated carbocycles. The van der Waals surface area contributed by atoms with Gasteiger partial charge in [-0.1, -0.05) is 48.5 Å². The summed E-state index contributed by atoms with van der Waals surface area (Å²) in [5.74, 6) is 1.11. The SMILES string of the molecule is CC(=O)N(C)C1CCC2(CC1)CN(C(=O)Cc1ccccc1)Cc1ccccc1O2. The Morgan fingerprint density at radius 1 is 1.07 bits per heavy atom. The molecule has 0 saturated heterocycles. The summed E-state index contributed by atoms with van der Waals surface area (Å²) < 4.78 is 6.61. The van der Waals surface area contributed by atoms with Crippen molar-refractivity contribution in [1.82, 2.24) is 9.80 Å². The summed E-state index contributed by atoms with van der Waals surface area (Å²) in [5, 5.41) is 0. The van der Waals surface area contributed by atoms with Gasteiger partial charge in [0.15, 0.2) is 0 Å². The molecule has 0 N–H and O–H groups in total. The fraction of sp³-hybridized carbons (Fsp3) is 0.440. The van der Waals surface area contributed by atoms with Crippen molar-refractivity contribution in [2.45, 2.75) is 57.2 Å². The zero-order valence-corrected chi connectivity index (χ0v) is 17.8. The third-order valence-corrected chi connectivity index (χ3v) is 6.60. The van der Waals surface area contributed by atoms with Gasteiger partial charge in [0.25, 0.3) is 0 Å². The van der Waals surface area contributed by atoms with Gasteiger partial charge in [0.2, 0.25) is 11.8 Å². The van der Waals surface area contributed by atoms with Gasteiger partial charge in [0.1, 0.15) is 11.4 Å². The van der Waals surface area contributed by atoms with Crippen LogP contribution in [0.3, 0.4) is 0 Å². The average Bonchev–Trinajstić information content (AvgIpc) is 2.91. The van der Waals surface area contributed by atoms with E-state index in [0.29, 0.717) is 19.5 Å². The molecule has 2 aromatic rings. The van der Waals surface area contributed by atoms with Crippen molar-refractivity contribution in [3.63, 3.8) is 0 Å². The summed E-state index contributed by atoms with van der Waals surface area (Å²) in [5.41, 5.74) is 1.69. The smallest absolute Gasteiger partial charge is 0.227 e. The van der Waals surface area contributed by atoms with Crippen LogP contribution < -0.4 is 4.74 Å². The number of nitrogens with zero attached hydrogens (tertiary/aromatic N) is 2. The summed E-state index contributed by atoms with van der Waals surface area (Å²) in [6.07, 6.45) is 3.84. The van der Waals surface area contributed by atoms with E-state index in [9.17, 15) is 9.59 Å². The van der Waals surface area contributed by atoms with Crippen LogP contribution in [0.4, 0.5) is 0 Å². The third kappa shape index (κ3) is 4.35. The van der Waals surface area contributed by atoms with Gasteiger partial charge in [-0.3, -0.25) is 9.59 Å². The molecule has 4 rings (SSSR count). The Morgan fingerprint density at radius 2 is 1.73 bits per heavy atom. The van der Waals surface area contributed by atoms with E-state index in [0.717, 1.165) is 42.6 Å². The first kappa shape index (κ1) is 20.5. The van der Waals surface area contributed by atoms with Crippen molar-refractivity contribution in [3.05, 3.63) is 65.7 Å². The number of para-hydroxylation sites is 1. The van der Waals surface area contributed by atoms with Gasteiger partial charge < -0.3 is 14.5 Å². The van der Waals surface area contributed by atoms with Crippen LogP contribution in [-0.2, 0) is 22.6 Å². The second-order valence-electron chi connectivity index (χ2n) is 8.67. The van der Waals surface area contributed by atoms with Gasteiger partial charge in [0, 0.05) is 32.1 Å². The Balaban J connectivity index is 1.56. The van der Waals surface area contributed by atoms with Crippen LogP contribution >= 0.6 is 0 Å². The number of ether oxygens (including phenoxy) is 1. The Labute approximate surface area is 178 Å². The molecule has 158 valence electrons. The second kappa shape index (κ2) is 8.50. The highest BCUT2D eigenvalue weighted by atomic mass is 16.5. The lowest BCUT2D eigenvalue weighted by Crippen LogP contribution is -2.52. The number of hydrogen-bond donors (Lipinski definition) is 0. The first-order chi connectivity index (χ1) is 14.5. The molecule has 0 radical (unpaired) electrons. The number of rotatable bonds is 3. The van der Waals surface area contributed by atoms with Crippen LogP contribution in [-0.4, -0.2) is 46.8 Å². The molecule has 0 unspecified atom stereocenters. The Kier molecular flexibility index (Phi) is 5.80. The van der Waals surface area contributed by atoms with E-state index in [4.69, 9.17) is 4.74 Å². The van der Waals surface area contributed by atoms with Crippen molar-refractivity contribution in [3.8, 4) is 5.75 Å². The van der Waals surface area contributed by atoms with Crippen LogP contribution in [0.1, 0.15) is 43.7 Å². The number of fused-ring (bicyclic) bond motifs is 1. The molecule has 1 aliphatic heterocycles. The summed E-state index contributed by atoms with van der Waals surface area (Å²) in [7, 11) is 1.88. The van der Waals surface area contributed by atoms with Crippen molar-refractivity contribution in [2.75, 3.05) is 13.6 Å². The quantitative estimate of drug-likeness (QED) is 0.779. The molecule has 30 heavy (non-hydrogen) atoms. The molecule has 1 spiro atoms. The first-order valence-corrected chi connectivity index (χ1v) is 10.8. The minimum atomic E-state index is -0.396. The van der Waals surface area contributed by atoms with Gasteiger partial charge >= 0.3 is 0 Å². The Bertz CT molecular complexity index is 904. The maximum atomic E-state index is 13.2. The number of carbonyl (C=O) groups excluding carboxylic acids is 2. The topological polar surface area (TPSA) is 49.9 Å². The average molecular weight is 407 g/mol. The fourth-order valence-corrected chi connectivity index (χ4v) is 4.70. The Morgan fingerprint density at radius 3 is 2.43 bits per heavy atom. The maximum absolute atomic E-state index is 13.2.